The number of aromatic nitrogens is 2. The number of nitrogens with two attached hydrogens (primary N) is 1. The highest BCUT2D eigenvalue weighted by Gasteiger charge is 2.25. The number of hydrogen-bond acceptors (Lipinski definition) is 6. The van der Waals surface area contributed by atoms with Crippen LogP contribution in [0.3, 0.4) is 0 Å². The Labute approximate surface area is 211 Å². The molecule has 0 unspecified atom stereocenters. The molecule has 6 radical (unpaired) electrons. The maximum absolute atomic E-state index is 14.9. The average molecular weight is 481 g/mol. The van der Waals surface area contributed by atoms with Gasteiger partial charge in [-0.1, -0.05) is 12.1 Å². The van der Waals surface area contributed by atoms with Gasteiger partial charge in [-0.3, -0.25) is 9.36 Å². The van der Waals surface area contributed by atoms with E-state index in [1.807, 2.05) is 4.90 Å². The molecule has 0 saturated carbocycles. The quantitative estimate of drug-likeness (QED) is 0.558. The zero-order chi connectivity index (χ0) is 26.2. The van der Waals surface area contributed by atoms with Gasteiger partial charge in [-0.25, -0.2) is 13.8 Å². The lowest BCUT2D eigenvalue weighted by Crippen LogP contribution is -2.42. The van der Waals surface area contributed by atoms with Crippen LogP contribution in [0.15, 0.2) is 41.2 Å². The Bertz CT molecular complexity index is 1410. The first kappa shape index (κ1) is 25.5. The number of nitrogens with zero attached hydrogens (tertiary/aromatic N) is 4. The molecule has 1 aliphatic heterocycles. The van der Waals surface area contributed by atoms with E-state index in [0.717, 1.165) is 25.0 Å². The normalized spacial score (nSPS) is 14.5. The molecule has 2 N–H and O–H groups in total. The molecule has 7 nitrogen and oxygen atoms in total. The fourth-order valence-corrected chi connectivity index (χ4v) is 4.12. The molecule has 1 aromatic heterocycles. The molecule has 0 bridgehead atoms. The largest absolute Gasteiger partial charge is 0.513 e. The maximum Gasteiger partial charge on any atom is 0.263 e. The van der Waals surface area contributed by atoms with Gasteiger partial charge in [0.1, 0.15) is 35.4 Å². The first-order valence-electron chi connectivity index (χ1n) is 11.2. The van der Waals surface area contributed by atoms with Crippen molar-refractivity contribution in [2.24, 2.45) is 12.8 Å². The smallest absolute Gasteiger partial charge is 0.263 e. The Morgan fingerprint density at radius 1 is 1.11 bits per heavy atom. The third kappa shape index (κ3) is 5.16. The topological polar surface area (TPSA) is 97.2 Å². The van der Waals surface area contributed by atoms with Crippen LogP contribution in [-0.2, 0) is 7.05 Å². The third-order valence-corrected chi connectivity index (χ3v) is 5.96. The van der Waals surface area contributed by atoms with Crippen LogP contribution in [0.5, 0.6) is 5.75 Å². The van der Waals surface area contributed by atoms with Crippen molar-refractivity contribution in [1.82, 2.24) is 9.55 Å². The molecular weight excluding hydrogens is 461 g/mol. The van der Waals surface area contributed by atoms with E-state index in [1.165, 1.54) is 28.8 Å². The van der Waals surface area contributed by atoms with E-state index in [-0.39, 0.29) is 39.7 Å². The highest BCUT2D eigenvalue weighted by Crippen LogP contribution is 2.33. The van der Waals surface area contributed by atoms with Crippen LogP contribution in [0.2, 0.25) is 0 Å². The van der Waals surface area contributed by atoms with Gasteiger partial charge in [0, 0.05) is 31.7 Å². The highest BCUT2D eigenvalue weighted by atomic mass is 19.1. The van der Waals surface area contributed by atoms with E-state index in [2.05, 4.69) is 0 Å². The van der Waals surface area contributed by atoms with Crippen molar-refractivity contribution < 1.29 is 13.5 Å². The van der Waals surface area contributed by atoms with Gasteiger partial charge >= 0.3 is 0 Å². The van der Waals surface area contributed by atoms with Crippen LogP contribution >= 0.6 is 0 Å². The molecule has 176 valence electrons. The summed E-state index contributed by atoms with van der Waals surface area (Å²) in [5.74, 6) is -1.58. The first-order valence-corrected chi connectivity index (χ1v) is 11.2. The molecule has 0 amide bonds. The number of ether oxygens (including phenoxy) is 1. The Kier molecular flexibility index (Phi) is 6.96. The second kappa shape index (κ2) is 9.82. The van der Waals surface area contributed by atoms with Gasteiger partial charge in [0.15, 0.2) is 11.6 Å². The molecular formula is C24H20B3F2N5O2. The second-order valence-corrected chi connectivity index (χ2v) is 8.73. The van der Waals surface area contributed by atoms with E-state index in [0.29, 0.717) is 19.0 Å². The van der Waals surface area contributed by atoms with Crippen LogP contribution in [0.25, 0.3) is 22.4 Å². The predicted molar refractivity (Wildman–Crippen MR) is 135 cm³/mol. The van der Waals surface area contributed by atoms with Gasteiger partial charge in [-0.15, -0.1) is 0 Å². The monoisotopic (exact) mass is 481 g/mol. The molecule has 12 heteroatoms. The molecule has 1 saturated heterocycles. The van der Waals surface area contributed by atoms with Crippen LogP contribution in [-0.4, -0.2) is 57.5 Å². The van der Waals surface area contributed by atoms with Crippen LogP contribution in [0.1, 0.15) is 18.4 Å². The molecule has 0 aliphatic carbocycles. The number of rotatable bonds is 5. The zero-order valence-corrected chi connectivity index (χ0v) is 19.5. The molecule has 1 fully saturated rings. The lowest BCUT2D eigenvalue weighted by molar-refractivity contribution is 0.301. The van der Waals surface area contributed by atoms with Gasteiger partial charge in [-0.05, 0) is 48.0 Å². The Hall–Kier alpha value is -3.58. The Morgan fingerprint density at radius 3 is 2.33 bits per heavy atom. The molecule has 4 rings (SSSR count). The predicted octanol–water partition coefficient (Wildman–Crippen LogP) is 1.69. The minimum Gasteiger partial charge on any atom is -0.513 e. The van der Waals surface area contributed by atoms with E-state index in [1.54, 1.807) is 13.1 Å². The van der Waals surface area contributed by atoms with Crippen molar-refractivity contribution in [1.29, 1.82) is 5.26 Å². The van der Waals surface area contributed by atoms with Crippen molar-refractivity contribution in [2.75, 3.05) is 18.0 Å². The summed E-state index contributed by atoms with van der Waals surface area (Å²) >= 11 is 0. The van der Waals surface area contributed by atoms with Crippen LogP contribution < -0.4 is 20.9 Å². The fraction of sp³-hybridized carbons (Fsp3) is 0.292. The summed E-state index contributed by atoms with van der Waals surface area (Å²) in [5, 5.41) is 7.00. The number of nitriles is 1. The van der Waals surface area contributed by atoms with Crippen molar-refractivity contribution in [3.05, 3.63) is 63.9 Å². The third-order valence-electron chi connectivity index (χ3n) is 5.96. The summed E-state index contributed by atoms with van der Waals surface area (Å²) in [6.07, 6.45) is 1.44. The van der Waals surface area contributed by atoms with Gasteiger partial charge < -0.3 is 15.4 Å². The standard InChI is InChI=1S/C24H20B3F2N5O2/c1-33-22(35)20(13-4-5-19(18(29)10-13)36-24(25,26)27)21(14-2-3-15(12-30)17(28)11-14)32-23(33)34-8-6-16(31)7-9-34/h2-5,10-11,16H,6-9,31H2,1H3. The summed E-state index contributed by atoms with van der Waals surface area (Å²) in [6.45, 7) is 1.17. The van der Waals surface area contributed by atoms with Gasteiger partial charge in [-0.2, -0.15) is 5.26 Å². The summed E-state index contributed by atoms with van der Waals surface area (Å²) in [4.78, 5) is 20.3. The Balaban J connectivity index is 1.92. The highest BCUT2D eigenvalue weighted by molar-refractivity contribution is 6.58. The van der Waals surface area contributed by atoms with Crippen molar-refractivity contribution in [3.63, 3.8) is 0 Å². The molecule has 3 aromatic rings. The van der Waals surface area contributed by atoms with Crippen LogP contribution in [0.4, 0.5) is 14.7 Å². The molecule has 1 aliphatic rings. The Morgan fingerprint density at radius 2 is 1.75 bits per heavy atom. The maximum atomic E-state index is 14.9. The minimum atomic E-state index is -2.11. The lowest BCUT2D eigenvalue weighted by Gasteiger charge is -2.32. The molecule has 36 heavy (non-hydrogen) atoms. The van der Waals surface area contributed by atoms with E-state index in [4.69, 9.17) is 44.3 Å². The average Bonchev–Trinajstić information content (AvgIpc) is 2.82. The molecule has 0 atom stereocenters. The fourth-order valence-electron chi connectivity index (χ4n) is 4.12. The van der Waals surface area contributed by atoms with Gasteiger partial charge in [0.05, 0.1) is 16.8 Å². The number of benzene rings is 2. The summed E-state index contributed by atoms with van der Waals surface area (Å²) < 4.78 is 35.8. The number of anilines is 1. The molecule has 0 spiro atoms. The number of halogens is 2. The van der Waals surface area contributed by atoms with E-state index >= 15 is 0 Å². The second-order valence-electron chi connectivity index (χ2n) is 8.73. The lowest BCUT2D eigenvalue weighted by atomic mass is 9.52. The first-order chi connectivity index (χ1) is 17.0. The van der Waals surface area contributed by atoms with Crippen molar-refractivity contribution in [2.45, 2.75) is 24.2 Å². The summed E-state index contributed by atoms with van der Waals surface area (Å²) in [5.41, 5.74) is 5.96. The number of hydrogen-bond donors (Lipinski definition) is 1. The van der Waals surface area contributed by atoms with Gasteiger partial charge in [0.25, 0.3) is 5.56 Å². The number of piperidine rings is 1. The van der Waals surface area contributed by atoms with Crippen LogP contribution in [0, 0.1) is 23.0 Å². The SMILES string of the molecule is [B]C([B])([B])Oc1ccc(-c2c(-c3ccc(C#N)c(F)c3)nc(N3CCC(N)CC3)n(C)c2=O)cc1F. The molecule has 2 heterocycles. The van der Waals surface area contributed by atoms with E-state index in [9.17, 15) is 13.6 Å². The summed E-state index contributed by atoms with van der Waals surface area (Å²) in [6, 6.07) is 9.45. The summed E-state index contributed by atoms with van der Waals surface area (Å²) in [7, 11) is 17.7. The van der Waals surface area contributed by atoms with Crippen molar-refractivity contribution >= 4 is 29.5 Å². The zero-order valence-electron chi connectivity index (χ0n) is 19.5. The van der Waals surface area contributed by atoms with E-state index < -0.39 is 22.5 Å². The molecule has 2 aromatic carbocycles. The minimum absolute atomic E-state index is 0.0315. The van der Waals surface area contributed by atoms with Crippen molar-refractivity contribution in [3.8, 4) is 34.2 Å². The van der Waals surface area contributed by atoms with Gasteiger partial charge in [0.2, 0.25) is 5.95 Å².